The summed E-state index contributed by atoms with van der Waals surface area (Å²) >= 11 is 6.90. The van der Waals surface area contributed by atoms with E-state index in [0.717, 1.165) is 44.9 Å². The van der Waals surface area contributed by atoms with Gasteiger partial charge < -0.3 is 5.32 Å². The van der Waals surface area contributed by atoms with Gasteiger partial charge in [0.15, 0.2) is 11.6 Å². The fourth-order valence-electron chi connectivity index (χ4n) is 3.67. The first kappa shape index (κ1) is 23.5. The summed E-state index contributed by atoms with van der Waals surface area (Å²) in [4.78, 5) is 34.4. The maximum Gasteiger partial charge on any atom is 0.217 e. The van der Waals surface area contributed by atoms with Crippen LogP contribution < -0.4 is 5.32 Å². The highest BCUT2D eigenvalue weighted by Gasteiger charge is 2.28. The van der Waals surface area contributed by atoms with Crippen molar-refractivity contribution in [2.24, 2.45) is 0 Å². The average molecular weight is 523 g/mol. The molecule has 154 valence electrons. The molecule has 0 aliphatic heterocycles. The molecule has 0 saturated heterocycles. The minimum atomic E-state index is -0.362. The van der Waals surface area contributed by atoms with E-state index in [1.54, 1.807) is 0 Å². The average Bonchev–Trinajstić information content (AvgIpc) is 2.66. The molecule has 6 heteroatoms. The minimum absolute atomic E-state index is 0. The van der Waals surface area contributed by atoms with Crippen LogP contribution in [-0.4, -0.2) is 23.5 Å². The van der Waals surface area contributed by atoms with Crippen molar-refractivity contribution in [2.75, 3.05) is 0 Å². The van der Waals surface area contributed by atoms with Crippen LogP contribution >= 0.6 is 31.9 Å². The van der Waals surface area contributed by atoms with Gasteiger partial charge in [0.25, 0.3) is 0 Å². The second kappa shape index (κ2) is 10.3. The first-order valence-electron chi connectivity index (χ1n) is 9.27. The van der Waals surface area contributed by atoms with E-state index in [1.807, 2.05) is 36.4 Å². The molecule has 2 aliphatic rings. The van der Waals surface area contributed by atoms with Crippen LogP contribution in [0.1, 0.15) is 65.5 Å². The Kier molecular flexibility index (Phi) is 8.34. The van der Waals surface area contributed by atoms with Crippen molar-refractivity contribution in [3.8, 4) is 0 Å². The van der Waals surface area contributed by atoms with Crippen LogP contribution in [0.3, 0.4) is 0 Å². The van der Waals surface area contributed by atoms with Crippen molar-refractivity contribution in [1.29, 1.82) is 0 Å². The number of hydrogen-bond acceptors (Lipinski definition) is 3. The lowest BCUT2D eigenvalue weighted by atomic mass is 9.87. The zero-order valence-corrected chi connectivity index (χ0v) is 18.7. The molecule has 1 unspecified atom stereocenters. The summed E-state index contributed by atoms with van der Waals surface area (Å²) in [7, 11) is 0. The molecule has 1 atom stereocenters. The first-order valence-corrected chi connectivity index (χ1v) is 10.9. The number of carbonyl (C=O) groups is 3. The second-order valence-corrected chi connectivity index (χ2v) is 8.67. The number of rotatable bonds is 1. The Balaban J connectivity index is 0.000000207. The topological polar surface area (TPSA) is 63.2 Å². The van der Waals surface area contributed by atoms with Gasteiger partial charge in [-0.25, -0.2) is 0 Å². The van der Waals surface area contributed by atoms with Gasteiger partial charge in [-0.1, -0.05) is 63.6 Å². The fourth-order valence-corrected chi connectivity index (χ4v) is 4.80. The van der Waals surface area contributed by atoms with Gasteiger partial charge in [0.2, 0.25) is 5.91 Å². The van der Waals surface area contributed by atoms with E-state index < -0.39 is 0 Å². The highest BCUT2D eigenvalue weighted by atomic mass is 79.9. The van der Waals surface area contributed by atoms with E-state index in [0.29, 0.717) is 12.8 Å². The molecular formula is C23H25Br2NO3. The van der Waals surface area contributed by atoms with Crippen LogP contribution in [0.15, 0.2) is 45.3 Å². The molecule has 29 heavy (non-hydrogen) atoms. The Morgan fingerprint density at radius 2 is 1.52 bits per heavy atom. The molecule has 4 rings (SSSR count). The Morgan fingerprint density at radius 3 is 2.10 bits per heavy atom. The fraction of sp³-hybridized carbons (Fsp3) is 0.348. The lowest BCUT2D eigenvalue weighted by Crippen LogP contribution is -2.42. The Labute approximate surface area is 188 Å². The lowest BCUT2D eigenvalue weighted by molar-refractivity contribution is -0.119. The molecule has 0 heterocycles. The third-order valence-electron chi connectivity index (χ3n) is 5.01. The van der Waals surface area contributed by atoms with Crippen LogP contribution in [-0.2, 0) is 17.6 Å². The SMILES string of the molecule is C.CC(=O)NC1CCc2c(Br)cccc2C1=O.O=C1CCCc2c(Br)cccc21. The Bertz CT molecular complexity index is 940. The van der Waals surface area contributed by atoms with Gasteiger partial charge in [-0.3, -0.25) is 14.4 Å². The van der Waals surface area contributed by atoms with E-state index in [2.05, 4.69) is 37.2 Å². The zero-order chi connectivity index (χ0) is 20.3. The Morgan fingerprint density at radius 1 is 0.931 bits per heavy atom. The molecule has 4 nitrogen and oxygen atoms in total. The van der Waals surface area contributed by atoms with Crippen molar-refractivity contribution in [3.05, 3.63) is 67.6 Å². The molecule has 1 amide bonds. The van der Waals surface area contributed by atoms with Crippen LogP contribution in [0.25, 0.3) is 0 Å². The number of carbonyl (C=O) groups excluding carboxylic acids is 3. The van der Waals surface area contributed by atoms with Gasteiger partial charge in [0.05, 0.1) is 6.04 Å². The molecule has 0 spiro atoms. The van der Waals surface area contributed by atoms with Crippen LogP contribution in [0.2, 0.25) is 0 Å². The maximum absolute atomic E-state index is 12.1. The van der Waals surface area contributed by atoms with Crippen LogP contribution in [0.4, 0.5) is 0 Å². The smallest absolute Gasteiger partial charge is 0.217 e. The molecule has 0 radical (unpaired) electrons. The molecule has 0 saturated carbocycles. The summed E-state index contributed by atoms with van der Waals surface area (Å²) in [5, 5.41) is 2.69. The molecule has 2 aromatic carbocycles. The molecule has 0 fully saturated rings. The summed E-state index contributed by atoms with van der Waals surface area (Å²) in [6.07, 6.45) is 4.22. The van der Waals surface area contributed by atoms with E-state index >= 15 is 0 Å². The van der Waals surface area contributed by atoms with Crippen molar-refractivity contribution < 1.29 is 14.4 Å². The normalized spacial score (nSPS) is 17.1. The first-order chi connectivity index (χ1) is 13.4. The minimum Gasteiger partial charge on any atom is -0.346 e. The monoisotopic (exact) mass is 521 g/mol. The second-order valence-electron chi connectivity index (χ2n) is 6.96. The van der Waals surface area contributed by atoms with Crippen molar-refractivity contribution >= 4 is 49.3 Å². The number of fused-ring (bicyclic) bond motifs is 2. The number of hydrogen-bond donors (Lipinski definition) is 1. The largest absolute Gasteiger partial charge is 0.346 e. The van der Waals surface area contributed by atoms with Crippen molar-refractivity contribution in [3.63, 3.8) is 0 Å². The predicted molar refractivity (Wildman–Crippen MR) is 123 cm³/mol. The van der Waals surface area contributed by atoms with Crippen LogP contribution in [0.5, 0.6) is 0 Å². The molecule has 0 aromatic heterocycles. The molecule has 0 bridgehead atoms. The number of Topliss-reactive ketones (excluding diaryl/α,β-unsaturated/α-hetero) is 2. The van der Waals surface area contributed by atoms with Crippen LogP contribution in [0, 0.1) is 0 Å². The summed E-state index contributed by atoms with van der Waals surface area (Å²) in [5.41, 5.74) is 3.87. The molecule has 1 N–H and O–H groups in total. The molecule has 2 aliphatic carbocycles. The van der Waals surface area contributed by atoms with E-state index in [9.17, 15) is 14.4 Å². The molecular weight excluding hydrogens is 498 g/mol. The lowest BCUT2D eigenvalue weighted by Gasteiger charge is -2.24. The molecule has 2 aromatic rings. The summed E-state index contributed by atoms with van der Waals surface area (Å²) in [6.45, 7) is 1.43. The summed E-state index contributed by atoms with van der Waals surface area (Å²) in [6, 6.07) is 11.1. The zero-order valence-electron chi connectivity index (χ0n) is 15.6. The number of benzene rings is 2. The number of ketones is 2. The maximum atomic E-state index is 12.1. The van der Waals surface area contributed by atoms with Crippen molar-refractivity contribution in [2.45, 2.75) is 52.5 Å². The number of nitrogens with one attached hydrogen (secondary N) is 1. The predicted octanol–water partition coefficient (Wildman–Crippen LogP) is 5.69. The summed E-state index contributed by atoms with van der Waals surface area (Å²) in [5.74, 6) is 0.145. The van der Waals surface area contributed by atoms with Gasteiger partial charge in [-0.2, -0.15) is 0 Å². The quantitative estimate of drug-likeness (QED) is 0.523. The third kappa shape index (κ3) is 5.43. The number of halogens is 2. The third-order valence-corrected chi connectivity index (χ3v) is 6.50. The van der Waals surface area contributed by atoms with Gasteiger partial charge >= 0.3 is 0 Å². The van der Waals surface area contributed by atoms with E-state index in [1.165, 1.54) is 12.5 Å². The Hall–Kier alpha value is -1.79. The van der Waals surface area contributed by atoms with Gasteiger partial charge in [0.1, 0.15) is 0 Å². The van der Waals surface area contributed by atoms with E-state index in [4.69, 9.17) is 0 Å². The van der Waals surface area contributed by atoms with Gasteiger partial charge in [-0.15, -0.1) is 0 Å². The standard InChI is InChI=1S/C12H12BrNO2.C10H9BrO.CH4/c1-7(15)14-11-6-5-8-9(12(11)16)3-2-4-10(8)13;11-9-5-1-4-8-7(9)3-2-6-10(8)12;/h2-4,11H,5-6H2,1H3,(H,14,15);1,4-5H,2-3,6H2;1H4. The van der Waals surface area contributed by atoms with Gasteiger partial charge in [0, 0.05) is 33.4 Å². The summed E-state index contributed by atoms with van der Waals surface area (Å²) < 4.78 is 2.05. The van der Waals surface area contributed by atoms with Gasteiger partial charge in [-0.05, 0) is 48.9 Å². The van der Waals surface area contributed by atoms with Crippen molar-refractivity contribution in [1.82, 2.24) is 5.32 Å². The van der Waals surface area contributed by atoms with E-state index in [-0.39, 0.29) is 30.9 Å². The highest BCUT2D eigenvalue weighted by molar-refractivity contribution is 9.10. The number of amides is 1. The highest BCUT2D eigenvalue weighted by Crippen LogP contribution is 2.28.